The zero-order chi connectivity index (χ0) is 17.5. The number of nitrogens with one attached hydrogen (secondary N) is 2. The molecule has 1 amide bonds. The first-order valence-electron chi connectivity index (χ1n) is 7.29. The van der Waals surface area contributed by atoms with Gasteiger partial charge in [0.05, 0.1) is 0 Å². The van der Waals surface area contributed by atoms with Crippen LogP contribution in [0.2, 0.25) is 0 Å². The van der Waals surface area contributed by atoms with Crippen LogP contribution in [0.4, 0.5) is 11.4 Å². The summed E-state index contributed by atoms with van der Waals surface area (Å²) < 4.78 is 0. The van der Waals surface area contributed by atoms with E-state index >= 15 is 0 Å². The summed E-state index contributed by atoms with van der Waals surface area (Å²) in [6.07, 6.45) is 1.31. The van der Waals surface area contributed by atoms with Crippen LogP contribution in [-0.4, -0.2) is 5.91 Å². The maximum atomic E-state index is 12.4. The third kappa shape index (κ3) is 4.22. The van der Waals surface area contributed by atoms with E-state index in [4.69, 9.17) is 10.5 Å². The highest BCUT2D eigenvalue weighted by molar-refractivity contribution is 6.05. The first-order valence-corrected chi connectivity index (χ1v) is 7.29. The number of nitriles is 2. The van der Waals surface area contributed by atoms with Crippen LogP contribution in [0.15, 0.2) is 54.2 Å². The SMILES string of the molecule is Cc1ccc(NC(=O)c2cccc(NC=C(C#N)C#N)c2)c(C)c1. The molecule has 0 aromatic heterocycles. The van der Waals surface area contributed by atoms with Crippen molar-refractivity contribution < 1.29 is 4.79 Å². The van der Waals surface area contributed by atoms with Crippen LogP contribution < -0.4 is 10.6 Å². The molecule has 0 saturated carbocycles. The second-order valence-corrected chi connectivity index (χ2v) is 5.28. The molecule has 2 aromatic carbocycles. The van der Waals surface area contributed by atoms with Crippen LogP contribution in [0.3, 0.4) is 0 Å². The van der Waals surface area contributed by atoms with Crippen LogP contribution >= 0.6 is 0 Å². The molecule has 5 nitrogen and oxygen atoms in total. The number of anilines is 2. The van der Waals surface area contributed by atoms with Crippen molar-refractivity contribution in [2.24, 2.45) is 0 Å². The maximum absolute atomic E-state index is 12.4. The minimum Gasteiger partial charge on any atom is -0.360 e. The molecule has 0 atom stereocenters. The third-order valence-electron chi connectivity index (χ3n) is 3.38. The van der Waals surface area contributed by atoms with Gasteiger partial charge in [-0.1, -0.05) is 23.8 Å². The van der Waals surface area contributed by atoms with E-state index in [-0.39, 0.29) is 11.5 Å². The van der Waals surface area contributed by atoms with E-state index in [1.54, 1.807) is 36.4 Å². The first kappa shape index (κ1) is 16.8. The number of carbonyl (C=O) groups is 1. The van der Waals surface area contributed by atoms with E-state index < -0.39 is 0 Å². The number of carbonyl (C=O) groups excluding carboxylic acids is 1. The van der Waals surface area contributed by atoms with Gasteiger partial charge in [-0.15, -0.1) is 0 Å². The number of rotatable bonds is 4. The topological polar surface area (TPSA) is 88.7 Å². The molecule has 0 aliphatic carbocycles. The van der Waals surface area contributed by atoms with Crippen molar-refractivity contribution in [3.05, 3.63) is 70.9 Å². The molecule has 5 heteroatoms. The molecule has 0 bridgehead atoms. The summed E-state index contributed by atoms with van der Waals surface area (Å²) >= 11 is 0. The summed E-state index contributed by atoms with van der Waals surface area (Å²) in [5.74, 6) is -0.227. The van der Waals surface area contributed by atoms with Gasteiger partial charge in [0.2, 0.25) is 0 Å². The Balaban J connectivity index is 2.16. The van der Waals surface area contributed by atoms with E-state index in [0.717, 1.165) is 16.8 Å². The van der Waals surface area contributed by atoms with E-state index in [1.165, 1.54) is 6.20 Å². The number of nitrogens with zero attached hydrogens (tertiary/aromatic N) is 2. The average molecular weight is 316 g/mol. The van der Waals surface area contributed by atoms with Crippen molar-refractivity contribution in [3.63, 3.8) is 0 Å². The van der Waals surface area contributed by atoms with E-state index in [1.807, 2.05) is 32.0 Å². The van der Waals surface area contributed by atoms with Crippen molar-refractivity contribution in [2.45, 2.75) is 13.8 Å². The second-order valence-electron chi connectivity index (χ2n) is 5.28. The Morgan fingerprint density at radius 1 is 1.08 bits per heavy atom. The monoisotopic (exact) mass is 316 g/mol. The Hall–Kier alpha value is -3.57. The summed E-state index contributed by atoms with van der Waals surface area (Å²) in [5, 5.41) is 23.1. The van der Waals surface area contributed by atoms with Gasteiger partial charge >= 0.3 is 0 Å². The van der Waals surface area contributed by atoms with Crippen molar-refractivity contribution in [1.29, 1.82) is 10.5 Å². The van der Waals surface area contributed by atoms with Gasteiger partial charge in [0.25, 0.3) is 5.91 Å². The largest absolute Gasteiger partial charge is 0.360 e. The third-order valence-corrected chi connectivity index (χ3v) is 3.38. The minimum absolute atomic E-state index is 0.0415. The molecule has 0 aliphatic heterocycles. The number of hydrogen-bond acceptors (Lipinski definition) is 4. The van der Waals surface area contributed by atoms with E-state index in [0.29, 0.717) is 11.3 Å². The molecule has 0 heterocycles. The smallest absolute Gasteiger partial charge is 0.255 e. The quantitative estimate of drug-likeness (QED) is 0.837. The van der Waals surface area contributed by atoms with Crippen molar-refractivity contribution in [2.75, 3.05) is 10.6 Å². The van der Waals surface area contributed by atoms with Gasteiger partial charge < -0.3 is 10.6 Å². The molecule has 2 rings (SSSR count). The lowest BCUT2D eigenvalue weighted by Crippen LogP contribution is -2.13. The summed E-state index contributed by atoms with van der Waals surface area (Å²) in [4.78, 5) is 12.4. The van der Waals surface area contributed by atoms with Crippen molar-refractivity contribution >= 4 is 17.3 Å². The van der Waals surface area contributed by atoms with E-state index in [9.17, 15) is 4.79 Å². The van der Waals surface area contributed by atoms with Crippen molar-refractivity contribution in [1.82, 2.24) is 0 Å². The molecule has 24 heavy (non-hydrogen) atoms. The Morgan fingerprint density at radius 2 is 1.83 bits per heavy atom. The van der Waals surface area contributed by atoms with Gasteiger partial charge in [-0.2, -0.15) is 10.5 Å². The molecule has 2 aromatic rings. The highest BCUT2D eigenvalue weighted by atomic mass is 16.1. The number of benzene rings is 2. The number of aryl methyl sites for hydroxylation is 2. The molecule has 0 aliphatic rings. The Labute approximate surface area is 140 Å². The average Bonchev–Trinajstić information content (AvgIpc) is 2.58. The highest BCUT2D eigenvalue weighted by Gasteiger charge is 2.08. The van der Waals surface area contributed by atoms with Crippen molar-refractivity contribution in [3.8, 4) is 12.1 Å². The zero-order valence-corrected chi connectivity index (χ0v) is 13.4. The highest BCUT2D eigenvalue weighted by Crippen LogP contribution is 2.18. The predicted molar refractivity (Wildman–Crippen MR) is 93.2 cm³/mol. The lowest BCUT2D eigenvalue weighted by atomic mass is 10.1. The van der Waals surface area contributed by atoms with Gasteiger partial charge in [0.15, 0.2) is 0 Å². The summed E-state index contributed by atoms with van der Waals surface area (Å²) in [7, 11) is 0. The fourth-order valence-corrected chi connectivity index (χ4v) is 2.14. The molecular weight excluding hydrogens is 300 g/mol. The molecule has 118 valence electrons. The van der Waals surface area contributed by atoms with Gasteiger partial charge in [-0.3, -0.25) is 4.79 Å². The Morgan fingerprint density at radius 3 is 2.50 bits per heavy atom. The fourth-order valence-electron chi connectivity index (χ4n) is 2.14. The molecule has 2 N–H and O–H groups in total. The maximum Gasteiger partial charge on any atom is 0.255 e. The van der Waals surface area contributed by atoms with Gasteiger partial charge in [0.1, 0.15) is 17.7 Å². The lowest BCUT2D eigenvalue weighted by Gasteiger charge is -2.10. The standard InChI is InChI=1S/C19H16N4O/c1-13-6-7-18(14(2)8-13)23-19(24)16-4-3-5-17(9-16)22-12-15(10-20)11-21/h3-9,12,22H,1-2H3,(H,23,24). The number of amides is 1. The summed E-state index contributed by atoms with van der Waals surface area (Å²) in [6.45, 7) is 3.94. The van der Waals surface area contributed by atoms with Crippen LogP contribution in [0, 0.1) is 36.5 Å². The Kier molecular flexibility index (Phi) is 5.33. The molecule has 0 radical (unpaired) electrons. The van der Waals surface area contributed by atoms with Gasteiger partial charge in [-0.25, -0.2) is 0 Å². The molecule has 0 unspecified atom stereocenters. The normalized spacial score (nSPS) is 9.33. The van der Waals surface area contributed by atoms with Gasteiger partial charge in [-0.05, 0) is 43.7 Å². The van der Waals surface area contributed by atoms with Crippen LogP contribution in [0.25, 0.3) is 0 Å². The predicted octanol–water partition coefficient (Wildman–Crippen LogP) is 3.90. The molecule has 0 saturated heterocycles. The summed E-state index contributed by atoms with van der Waals surface area (Å²) in [5.41, 5.74) is 3.94. The molecule has 0 spiro atoms. The number of hydrogen-bond donors (Lipinski definition) is 2. The Bertz CT molecular complexity index is 869. The zero-order valence-electron chi connectivity index (χ0n) is 13.4. The second kappa shape index (κ2) is 7.62. The molecule has 0 fully saturated rings. The number of allylic oxidation sites excluding steroid dienone is 1. The lowest BCUT2D eigenvalue weighted by molar-refractivity contribution is 0.102. The minimum atomic E-state index is -0.227. The van der Waals surface area contributed by atoms with Crippen LogP contribution in [0.1, 0.15) is 21.5 Å². The fraction of sp³-hybridized carbons (Fsp3) is 0.105. The van der Waals surface area contributed by atoms with E-state index in [2.05, 4.69) is 10.6 Å². The van der Waals surface area contributed by atoms with Gasteiger partial charge in [0, 0.05) is 23.1 Å². The van der Waals surface area contributed by atoms with Crippen LogP contribution in [-0.2, 0) is 0 Å². The summed E-state index contributed by atoms with van der Waals surface area (Å²) in [6, 6.07) is 16.2. The first-order chi connectivity index (χ1) is 11.5. The molecular formula is C19H16N4O. The van der Waals surface area contributed by atoms with Crippen LogP contribution in [0.5, 0.6) is 0 Å².